The van der Waals surface area contributed by atoms with E-state index in [1.54, 1.807) is 0 Å². The van der Waals surface area contributed by atoms with Crippen LogP contribution in [-0.2, 0) is 0 Å². The van der Waals surface area contributed by atoms with Gasteiger partial charge in [0.15, 0.2) is 17.2 Å². The zero-order valence-corrected chi connectivity index (χ0v) is 9.16. The van der Waals surface area contributed by atoms with Crippen molar-refractivity contribution < 1.29 is 41.3 Å². The molecule has 0 fully saturated rings. The number of halogens is 5. The van der Waals surface area contributed by atoms with Gasteiger partial charge >= 0.3 is 12.3 Å². The first-order valence-electron chi connectivity index (χ1n) is 4.51. The highest BCUT2D eigenvalue weighted by atomic mass is 19.4. The summed E-state index contributed by atoms with van der Waals surface area (Å²) in [5, 5.41) is 8.70. The summed E-state index contributed by atoms with van der Waals surface area (Å²) in [6.45, 7) is 0. The Morgan fingerprint density at radius 3 is 2.32 bits per heavy atom. The normalized spacial score (nSPS) is 11.5. The number of alkyl halides is 5. The van der Waals surface area contributed by atoms with Gasteiger partial charge < -0.3 is 14.6 Å². The Morgan fingerprint density at radius 2 is 1.95 bits per heavy atom. The highest BCUT2D eigenvalue weighted by Crippen LogP contribution is 2.40. The molecular weight excluding hydrogens is 281 g/mol. The van der Waals surface area contributed by atoms with E-state index in [9.17, 15) is 26.7 Å². The Labute approximate surface area is 102 Å². The molecule has 0 atom stereocenters. The third-order valence-corrected chi connectivity index (χ3v) is 1.88. The second-order valence-corrected chi connectivity index (χ2v) is 3.07. The highest BCUT2D eigenvalue weighted by Gasteiger charge is 2.37. The monoisotopic (exact) mass is 287 g/mol. The number of carbonyl (C=O) groups is 1. The number of aromatic carboxylic acids is 1. The average Bonchev–Trinajstić information content (AvgIpc) is 2.25. The first-order chi connectivity index (χ1) is 8.67. The van der Waals surface area contributed by atoms with Gasteiger partial charge in [0.05, 0.1) is 7.11 Å². The average molecular weight is 287 g/mol. The number of pyridine rings is 1. The second-order valence-electron chi connectivity index (χ2n) is 3.07. The van der Waals surface area contributed by atoms with Gasteiger partial charge in [-0.05, 0) is 0 Å². The maximum absolute atomic E-state index is 12.5. The van der Waals surface area contributed by atoms with Crippen molar-refractivity contribution >= 4 is 5.97 Å². The lowest BCUT2D eigenvalue weighted by Gasteiger charge is -2.16. The molecule has 0 saturated heterocycles. The Bertz CT molecular complexity index is 488. The van der Waals surface area contributed by atoms with E-state index in [0.29, 0.717) is 6.20 Å². The van der Waals surface area contributed by atoms with Crippen LogP contribution in [0.2, 0.25) is 0 Å². The van der Waals surface area contributed by atoms with Gasteiger partial charge in [-0.25, -0.2) is 13.6 Å². The number of ether oxygens (including phenoxy) is 2. The predicted octanol–water partition coefficient (Wildman–Crippen LogP) is 2.62. The molecule has 0 aliphatic rings. The van der Waals surface area contributed by atoms with Crippen molar-refractivity contribution in [1.29, 1.82) is 0 Å². The first kappa shape index (κ1) is 14.9. The van der Waals surface area contributed by atoms with Crippen molar-refractivity contribution in [3.63, 3.8) is 0 Å². The number of nitrogens with zero attached hydrogens (tertiary/aromatic N) is 1. The maximum atomic E-state index is 12.5. The minimum Gasteiger partial charge on any atom is -0.492 e. The number of methoxy groups -OCH3 is 1. The van der Waals surface area contributed by atoms with Gasteiger partial charge in [0.25, 0.3) is 6.43 Å². The van der Waals surface area contributed by atoms with Gasteiger partial charge in [-0.1, -0.05) is 0 Å². The molecule has 1 aromatic rings. The smallest absolute Gasteiger partial charge is 0.492 e. The van der Waals surface area contributed by atoms with Gasteiger partial charge in [0.2, 0.25) is 0 Å². The fourth-order valence-corrected chi connectivity index (χ4v) is 1.21. The van der Waals surface area contributed by atoms with E-state index in [1.807, 2.05) is 0 Å². The molecule has 1 N–H and O–H groups in total. The molecule has 0 amide bonds. The molecule has 1 rings (SSSR count). The number of rotatable bonds is 4. The molecule has 0 unspecified atom stereocenters. The molecule has 0 aromatic carbocycles. The number of carboxylic acid groups (broad SMARTS) is 1. The van der Waals surface area contributed by atoms with E-state index < -0.39 is 41.5 Å². The summed E-state index contributed by atoms with van der Waals surface area (Å²) in [5.41, 5.74) is -2.19. The largest absolute Gasteiger partial charge is 0.573 e. The van der Waals surface area contributed by atoms with Crippen molar-refractivity contribution in [3.8, 4) is 11.5 Å². The first-order valence-corrected chi connectivity index (χ1v) is 4.51. The molecule has 0 saturated carbocycles. The van der Waals surface area contributed by atoms with Crippen LogP contribution in [0.25, 0.3) is 0 Å². The molecule has 1 aromatic heterocycles. The van der Waals surface area contributed by atoms with E-state index in [4.69, 9.17) is 5.11 Å². The standard InChI is InChI=1S/C9H6F5NO4/c1-18-5-3(8(16)17)2-15-4(7(10)11)6(5)19-9(12,13)14/h2,7H,1H3,(H,16,17). The second kappa shape index (κ2) is 5.24. The van der Waals surface area contributed by atoms with Crippen LogP contribution in [0.15, 0.2) is 6.20 Å². The van der Waals surface area contributed by atoms with Crippen molar-refractivity contribution in [2.75, 3.05) is 7.11 Å². The molecule has 10 heteroatoms. The van der Waals surface area contributed by atoms with E-state index in [0.717, 1.165) is 7.11 Å². The van der Waals surface area contributed by atoms with Crippen LogP contribution >= 0.6 is 0 Å². The van der Waals surface area contributed by atoms with Gasteiger partial charge in [-0.15, -0.1) is 13.2 Å². The van der Waals surface area contributed by atoms with Crippen LogP contribution in [0.1, 0.15) is 22.5 Å². The third-order valence-electron chi connectivity index (χ3n) is 1.88. The van der Waals surface area contributed by atoms with Crippen LogP contribution in [0.3, 0.4) is 0 Å². The zero-order valence-electron chi connectivity index (χ0n) is 9.16. The lowest BCUT2D eigenvalue weighted by molar-refractivity contribution is -0.275. The van der Waals surface area contributed by atoms with Crippen LogP contribution in [0, 0.1) is 0 Å². The van der Waals surface area contributed by atoms with Gasteiger partial charge in [0, 0.05) is 6.20 Å². The summed E-state index contributed by atoms with van der Waals surface area (Å²) < 4.78 is 69.3. The molecule has 0 aliphatic heterocycles. The molecule has 19 heavy (non-hydrogen) atoms. The van der Waals surface area contributed by atoms with Gasteiger partial charge in [-0.2, -0.15) is 0 Å². The minimum absolute atomic E-state index is 0.464. The Kier molecular flexibility index (Phi) is 4.12. The Morgan fingerprint density at radius 1 is 1.37 bits per heavy atom. The van der Waals surface area contributed by atoms with Crippen LogP contribution < -0.4 is 9.47 Å². The van der Waals surface area contributed by atoms with Crippen molar-refractivity contribution in [3.05, 3.63) is 17.5 Å². The number of aromatic nitrogens is 1. The molecule has 1 heterocycles. The topological polar surface area (TPSA) is 68.7 Å². The number of hydrogen-bond acceptors (Lipinski definition) is 4. The lowest BCUT2D eigenvalue weighted by atomic mass is 10.2. The summed E-state index contributed by atoms with van der Waals surface area (Å²) in [4.78, 5) is 13.7. The summed E-state index contributed by atoms with van der Waals surface area (Å²) >= 11 is 0. The SMILES string of the molecule is COc1c(C(=O)O)cnc(C(F)F)c1OC(F)(F)F. The fourth-order valence-electron chi connectivity index (χ4n) is 1.21. The molecular formula is C9H6F5NO4. The molecule has 106 valence electrons. The highest BCUT2D eigenvalue weighted by molar-refractivity contribution is 5.91. The van der Waals surface area contributed by atoms with Crippen LogP contribution in [0.5, 0.6) is 11.5 Å². The number of carboxylic acids is 1. The predicted molar refractivity (Wildman–Crippen MR) is 49.4 cm³/mol. The van der Waals surface area contributed by atoms with E-state index >= 15 is 0 Å². The third kappa shape index (κ3) is 3.42. The van der Waals surface area contributed by atoms with Gasteiger partial charge in [0.1, 0.15) is 5.56 Å². The van der Waals surface area contributed by atoms with Crippen molar-refractivity contribution in [2.45, 2.75) is 12.8 Å². The Hall–Kier alpha value is -2.13. The Balaban J connectivity index is 3.50. The summed E-state index contributed by atoms with van der Waals surface area (Å²) in [5.74, 6) is -4.14. The lowest BCUT2D eigenvalue weighted by Crippen LogP contribution is -2.20. The minimum atomic E-state index is -5.30. The molecule has 0 radical (unpaired) electrons. The van der Waals surface area contributed by atoms with Crippen molar-refractivity contribution in [1.82, 2.24) is 4.98 Å². The zero-order chi connectivity index (χ0) is 14.8. The van der Waals surface area contributed by atoms with E-state index in [2.05, 4.69) is 14.5 Å². The summed E-state index contributed by atoms with van der Waals surface area (Å²) in [6.07, 6.45) is -8.23. The number of hydrogen-bond donors (Lipinski definition) is 1. The maximum Gasteiger partial charge on any atom is 0.573 e. The molecule has 0 bridgehead atoms. The quantitative estimate of drug-likeness (QED) is 0.862. The molecule has 5 nitrogen and oxygen atoms in total. The fraction of sp³-hybridized carbons (Fsp3) is 0.333. The molecule has 0 spiro atoms. The van der Waals surface area contributed by atoms with Gasteiger partial charge in [-0.3, -0.25) is 4.98 Å². The summed E-state index contributed by atoms with van der Waals surface area (Å²) in [6, 6.07) is 0. The van der Waals surface area contributed by atoms with Crippen LogP contribution in [0.4, 0.5) is 22.0 Å². The molecule has 0 aliphatic carbocycles. The summed E-state index contributed by atoms with van der Waals surface area (Å²) in [7, 11) is 0.820. The van der Waals surface area contributed by atoms with E-state index in [-0.39, 0.29) is 0 Å². The van der Waals surface area contributed by atoms with E-state index in [1.165, 1.54) is 0 Å². The van der Waals surface area contributed by atoms with Crippen LogP contribution in [-0.4, -0.2) is 29.5 Å². The van der Waals surface area contributed by atoms with Crippen molar-refractivity contribution in [2.24, 2.45) is 0 Å².